The summed E-state index contributed by atoms with van der Waals surface area (Å²) in [5, 5.41) is 0.417. The van der Waals surface area contributed by atoms with E-state index in [2.05, 4.69) is 67.5 Å². The first-order chi connectivity index (χ1) is 10.5. The van der Waals surface area contributed by atoms with Gasteiger partial charge in [-0.15, -0.1) is 0 Å². The lowest BCUT2D eigenvalue weighted by Gasteiger charge is -2.51. The van der Waals surface area contributed by atoms with Crippen LogP contribution in [-0.4, -0.2) is 15.4 Å². The number of benzene rings is 1. The number of rotatable bonds is 2. The fraction of sp³-hybridized carbons (Fsp3) is 0.700. The van der Waals surface area contributed by atoms with Gasteiger partial charge in [-0.1, -0.05) is 67.5 Å². The molecule has 1 heterocycles. The monoisotopic (exact) mass is 334 g/mol. The van der Waals surface area contributed by atoms with E-state index in [1.54, 1.807) is 7.11 Å². The van der Waals surface area contributed by atoms with Gasteiger partial charge >= 0.3 is 0 Å². The first kappa shape index (κ1) is 18.5. The van der Waals surface area contributed by atoms with Crippen LogP contribution in [0, 0.1) is 5.92 Å². The minimum atomic E-state index is -2.00. The van der Waals surface area contributed by atoms with Crippen LogP contribution >= 0.6 is 0 Å². The summed E-state index contributed by atoms with van der Waals surface area (Å²) in [4.78, 5) is 0. The standard InChI is InChI=1S/C20H34O2Si/c1-14-15(2)23(19(3,4)5,20(6,7)8)22-18(14)16-10-12-17(21-9)13-11-16/h10-15,18H,1-9H3/t14-,15-,18-/m1/s1. The first-order valence-electron chi connectivity index (χ1n) is 8.77. The topological polar surface area (TPSA) is 18.5 Å². The Kier molecular flexibility index (Phi) is 4.78. The summed E-state index contributed by atoms with van der Waals surface area (Å²) >= 11 is 0. The van der Waals surface area contributed by atoms with Crippen molar-refractivity contribution in [3.8, 4) is 5.75 Å². The van der Waals surface area contributed by atoms with E-state index in [0.29, 0.717) is 11.5 Å². The van der Waals surface area contributed by atoms with E-state index in [4.69, 9.17) is 9.16 Å². The number of methoxy groups -OCH3 is 1. The minimum Gasteiger partial charge on any atom is -0.497 e. The molecule has 0 aromatic heterocycles. The summed E-state index contributed by atoms with van der Waals surface area (Å²) in [6, 6.07) is 8.43. The summed E-state index contributed by atoms with van der Waals surface area (Å²) in [6.07, 6.45) is 0.195. The van der Waals surface area contributed by atoms with Gasteiger partial charge in [0.15, 0.2) is 0 Å². The highest BCUT2D eigenvalue weighted by molar-refractivity contribution is 6.81. The van der Waals surface area contributed by atoms with Gasteiger partial charge in [-0.05, 0) is 39.2 Å². The molecule has 1 aromatic rings. The van der Waals surface area contributed by atoms with Crippen molar-refractivity contribution in [2.45, 2.75) is 77.1 Å². The predicted molar refractivity (Wildman–Crippen MR) is 101 cm³/mol. The van der Waals surface area contributed by atoms with Gasteiger partial charge in [0.25, 0.3) is 0 Å². The molecule has 0 N–H and O–H groups in total. The van der Waals surface area contributed by atoms with Crippen molar-refractivity contribution in [3.05, 3.63) is 29.8 Å². The van der Waals surface area contributed by atoms with Crippen LogP contribution in [0.4, 0.5) is 0 Å². The van der Waals surface area contributed by atoms with Crippen LogP contribution in [0.15, 0.2) is 24.3 Å². The molecule has 0 bridgehead atoms. The Labute approximate surface area is 143 Å². The van der Waals surface area contributed by atoms with E-state index < -0.39 is 8.32 Å². The molecule has 1 fully saturated rings. The minimum absolute atomic E-state index is 0.195. The quantitative estimate of drug-likeness (QED) is 0.588. The van der Waals surface area contributed by atoms with Crippen LogP contribution < -0.4 is 4.74 Å². The summed E-state index contributed by atoms with van der Waals surface area (Å²) in [5.41, 5.74) is 1.91. The molecule has 0 radical (unpaired) electrons. The molecule has 2 nitrogen and oxygen atoms in total. The zero-order valence-electron chi connectivity index (χ0n) is 16.4. The van der Waals surface area contributed by atoms with Crippen molar-refractivity contribution in [2.24, 2.45) is 5.92 Å². The molecule has 1 saturated heterocycles. The normalized spacial score (nSPS) is 28.0. The maximum absolute atomic E-state index is 7.06. The Bertz CT molecular complexity index is 522. The lowest BCUT2D eigenvalue weighted by molar-refractivity contribution is 0.168. The number of hydrogen-bond acceptors (Lipinski definition) is 2. The van der Waals surface area contributed by atoms with Crippen LogP contribution in [-0.2, 0) is 4.43 Å². The summed E-state index contributed by atoms with van der Waals surface area (Å²) in [7, 11) is -0.290. The molecule has 3 heteroatoms. The number of hydrogen-bond donors (Lipinski definition) is 0. The zero-order valence-corrected chi connectivity index (χ0v) is 17.4. The average Bonchev–Trinajstić information content (AvgIpc) is 2.72. The van der Waals surface area contributed by atoms with Gasteiger partial charge in [0, 0.05) is 0 Å². The van der Waals surface area contributed by atoms with Gasteiger partial charge in [0.2, 0.25) is 8.32 Å². The molecular formula is C20H34O2Si. The Hall–Kier alpha value is -0.803. The van der Waals surface area contributed by atoms with Gasteiger partial charge in [-0.25, -0.2) is 0 Å². The highest BCUT2D eigenvalue weighted by atomic mass is 28.4. The molecule has 0 unspecified atom stereocenters. The van der Waals surface area contributed by atoms with Crippen molar-refractivity contribution >= 4 is 8.32 Å². The molecule has 0 aliphatic carbocycles. The van der Waals surface area contributed by atoms with Crippen molar-refractivity contribution in [2.75, 3.05) is 7.11 Å². The molecule has 0 saturated carbocycles. The molecule has 2 rings (SSSR count). The van der Waals surface area contributed by atoms with E-state index in [-0.39, 0.29) is 16.2 Å². The van der Waals surface area contributed by atoms with Crippen molar-refractivity contribution < 1.29 is 9.16 Å². The Morgan fingerprint density at radius 2 is 1.39 bits per heavy atom. The van der Waals surface area contributed by atoms with Crippen molar-refractivity contribution in [3.63, 3.8) is 0 Å². The van der Waals surface area contributed by atoms with Crippen LogP contribution in [0.3, 0.4) is 0 Å². The van der Waals surface area contributed by atoms with Gasteiger partial charge in [-0.2, -0.15) is 0 Å². The number of ether oxygens (including phenoxy) is 1. The first-order valence-corrected chi connectivity index (χ1v) is 10.8. The smallest absolute Gasteiger partial charge is 0.207 e. The molecular weight excluding hydrogens is 300 g/mol. The van der Waals surface area contributed by atoms with Gasteiger partial charge in [-0.3, -0.25) is 0 Å². The Balaban J connectivity index is 2.46. The molecule has 23 heavy (non-hydrogen) atoms. The molecule has 1 aliphatic heterocycles. The van der Waals surface area contributed by atoms with Gasteiger partial charge < -0.3 is 9.16 Å². The molecule has 3 atom stereocenters. The second-order valence-corrected chi connectivity index (χ2v) is 14.8. The zero-order chi connectivity index (χ0) is 17.6. The molecule has 1 aromatic carbocycles. The molecule has 0 amide bonds. The maximum atomic E-state index is 7.06. The third-order valence-corrected chi connectivity index (χ3v) is 12.8. The Morgan fingerprint density at radius 1 is 0.913 bits per heavy atom. The summed E-state index contributed by atoms with van der Waals surface area (Å²) in [6.45, 7) is 19.1. The Morgan fingerprint density at radius 3 is 1.74 bits per heavy atom. The predicted octanol–water partition coefficient (Wildman–Crippen LogP) is 6.34. The average molecular weight is 335 g/mol. The van der Waals surface area contributed by atoms with E-state index >= 15 is 0 Å². The SMILES string of the molecule is COc1ccc([C@@H]2O[Si](C(C)(C)C)(C(C)(C)C)[C@H](C)[C@H]2C)cc1. The molecule has 130 valence electrons. The van der Waals surface area contributed by atoms with Crippen LogP contribution in [0.2, 0.25) is 15.6 Å². The summed E-state index contributed by atoms with van der Waals surface area (Å²) in [5.74, 6) is 1.44. The third-order valence-electron chi connectivity index (χ3n) is 5.89. The lowest BCUT2D eigenvalue weighted by atomic mass is 9.95. The molecule has 0 spiro atoms. The fourth-order valence-corrected chi connectivity index (χ4v) is 12.6. The van der Waals surface area contributed by atoms with Crippen LogP contribution in [0.25, 0.3) is 0 Å². The van der Waals surface area contributed by atoms with E-state index in [9.17, 15) is 0 Å². The van der Waals surface area contributed by atoms with Crippen molar-refractivity contribution in [1.82, 2.24) is 0 Å². The van der Waals surface area contributed by atoms with Gasteiger partial charge in [0.05, 0.1) is 13.2 Å². The second-order valence-electron chi connectivity index (χ2n) is 9.20. The highest BCUT2D eigenvalue weighted by Crippen LogP contribution is 2.66. The van der Waals surface area contributed by atoms with Crippen LogP contribution in [0.5, 0.6) is 5.75 Å². The maximum Gasteiger partial charge on any atom is 0.207 e. The fourth-order valence-electron chi connectivity index (χ4n) is 5.06. The van der Waals surface area contributed by atoms with E-state index in [0.717, 1.165) is 5.75 Å². The molecule has 1 aliphatic rings. The highest BCUT2D eigenvalue weighted by Gasteiger charge is 2.65. The second kappa shape index (κ2) is 5.93. The van der Waals surface area contributed by atoms with E-state index in [1.165, 1.54) is 5.56 Å². The van der Waals surface area contributed by atoms with E-state index in [1.807, 2.05) is 12.1 Å². The third kappa shape index (κ3) is 2.87. The van der Waals surface area contributed by atoms with Gasteiger partial charge in [0.1, 0.15) is 5.75 Å². The van der Waals surface area contributed by atoms with Crippen LogP contribution in [0.1, 0.15) is 67.1 Å². The lowest BCUT2D eigenvalue weighted by Crippen LogP contribution is -2.54. The van der Waals surface area contributed by atoms with Crippen molar-refractivity contribution in [1.29, 1.82) is 0 Å². The largest absolute Gasteiger partial charge is 0.497 e. The summed E-state index contributed by atoms with van der Waals surface area (Å²) < 4.78 is 12.4.